The molecule has 0 bridgehead atoms. The second-order valence-corrected chi connectivity index (χ2v) is 4.05. The molecule has 1 saturated carbocycles. The highest BCUT2D eigenvalue weighted by molar-refractivity contribution is 5.17. The Hall–Kier alpha value is -0.870. The molecule has 1 aliphatic carbocycles. The summed E-state index contributed by atoms with van der Waals surface area (Å²) in [5.74, 6) is 0. The van der Waals surface area contributed by atoms with Crippen LogP contribution in [0.2, 0.25) is 0 Å². The van der Waals surface area contributed by atoms with Gasteiger partial charge in [0.25, 0.3) is 0 Å². The molecule has 0 spiro atoms. The molecule has 1 N–H and O–H groups in total. The van der Waals surface area contributed by atoms with Crippen molar-refractivity contribution in [2.45, 2.75) is 44.9 Å². The second kappa shape index (κ2) is 3.94. The third-order valence-electron chi connectivity index (χ3n) is 3.03. The van der Waals surface area contributed by atoms with E-state index in [1.165, 1.54) is 0 Å². The summed E-state index contributed by atoms with van der Waals surface area (Å²) in [7, 11) is 0. The summed E-state index contributed by atoms with van der Waals surface area (Å²) in [6.07, 6.45) is 3.32. The van der Waals surface area contributed by atoms with Crippen molar-refractivity contribution in [1.29, 1.82) is 0 Å². The second-order valence-electron chi connectivity index (χ2n) is 4.05. The topological polar surface area (TPSA) is 47.3 Å². The van der Waals surface area contributed by atoms with E-state index in [0.717, 1.165) is 12.2 Å². The molecule has 0 aromatic carbocycles. The third kappa shape index (κ3) is 1.79. The van der Waals surface area contributed by atoms with Crippen LogP contribution < -0.4 is 0 Å². The zero-order valence-corrected chi connectivity index (χ0v) is 9.31. The zero-order chi connectivity index (χ0) is 10.9. The summed E-state index contributed by atoms with van der Waals surface area (Å²) >= 11 is 0. The smallest absolute Gasteiger partial charge is 0.111 e. The van der Waals surface area contributed by atoms with Crippen LogP contribution in [0.1, 0.15) is 32.4 Å². The molecule has 1 aromatic heterocycles. The fourth-order valence-electron chi connectivity index (χ4n) is 2.24. The van der Waals surface area contributed by atoms with Crippen molar-refractivity contribution in [2.24, 2.45) is 0 Å². The van der Waals surface area contributed by atoms with Crippen molar-refractivity contribution in [3.8, 4) is 0 Å². The van der Waals surface area contributed by atoms with Gasteiger partial charge in [0.1, 0.15) is 5.60 Å². The quantitative estimate of drug-likeness (QED) is 0.814. The van der Waals surface area contributed by atoms with E-state index in [0.29, 0.717) is 19.4 Å². The van der Waals surface area contributed by atoms with Gasteiger partial charge in [0.15, 0.2) is 0 Å². The number of ether oxygens (including phenoxy) is 1. The molecule has 1 aliphatic rings. The van der Waals surface area contributed by atoms with Crippen molar-refractivity contribution >= 4 is 0 Å². The maximum atomic E-state index is 10.3. The predicted molar refractivity (Wildman–Crippen MR) is 56.4 cm³/mol. The molecular weight excluding hydrogens is 192 g/mol. The highest BCUT2D eigenvalue weighted by Crippen LogP contribution is 2.42. The van der Waals surface area contributed by atoms with Gasteiger partial charge in [0.05, 0.1) is 11.8 Å². The summed E-state index contributed by atoms with van der Waals surface area (Å²) in [5.41, 5.74) is 0.202. The van der Waals surface area contributed by atoms with Gasteiger partial charge in [-0.25, -0.2) is 0 Å². The molecule has 0 radical (unpaired) electrons. The van der Waals surface area contributed by atoms with E-state index in [1.54, 1.807) is 6.20 Å². The number of aliphatic hydroxyl groups is 1. The lowest BCUT2D eigenvalue weighted by atomic mass is 9.75. The Kier molecular flexibility index (Phi) is 2.80. The maximum absolute atomic E-state index is 10.3. The van der Waals surface area contributed by atoms with Crippen LogP contribution in [0.4, 0.5) is 0 Å². The Balaban J connectivity index is 2.06. The Morgan fingerprint density at radius 3 is 2.93 bits per heavy atom. The van der Waals surface area contributed by atoms with Crippen molar-refractivity contribution in [3.63, 3.8) is 0 Å². The van der Waals surface area contributed by atoms with Crippen LogP contribution in [-0.4, -0.2) is 27.6 Å². The van der Waals surface area contributed by atoms with Gasteiger partial charge in [0, 0.05) is 32.2 Å². The molecule has 0 saturated heterocycles. The van der Waals surface area contributed by atoms with E-state index in [-0.39, 0.29) is 6.10 Å². The maximum Gasteiger partial charge on any atom is 0.111 e. The van der Waals surface area contributed by atoms with Crippen molar-refractivity contribution in [2.75, 3.05) is 6.61 Å². The molecule has 0 amide bonds. The molecule has 1 heterocycles. The van der Waals surface area contributed by atoms with E-state index < -0.39 is 5.60 Å². The minimum absolute atomic E-state index is 0.209. The fourth-order valence-corrected chi connectivity index (χ4v) is 2.24. The van der Waals surface area contributed by atoms with Crippen molar-refractivity contribution < 1.29 is 9.84 Å². The average molecular weight is 210 g/mol. The number of hydrogen-bond acceptors (Lipinski definition) is 3. The van der Waals surface area contributed by atoms with Gasteiger partial charge in [-0.3, -0.25) is 4.68 Å². The first kappa shape index (κ1) is 10.6. The van der Waals surface area contributed by atoms with Crippen LogP contribution >= 0.6 is 0 Å². The van der Waals surface area contributed by atoms with E-state index in [9.17, 15) is 5.11 Å². The summed E-state index contributed by atoms with van der Waals surface area (Å²) in [5, 5.41) is 14.5. The predicted octanol–water partition coefficient (Wildman–Crippen LogP) is 1.29. The van der Waals surface area contributed by atoms with Gasteiger partial charge in [0.2, 0.25) is 0 Å². The van der Waals surface area contributed by atoms with Crippen molar-refractivity contribution in [1.82, 2.24) is 9.78 Å². The highest BCUT2D eigenvalue weighted by Gasteiger charge is 2.46. The fraction of sp³-hybridized carbons (Fsp3) is 0.727. The third-order valence-corrected chi connectivity index (χ3v) is 3.03. The average Bonchev–Trinajstić information content (AvgIpc) is 2.63. The summed E-state index contributed by atoms with van der Waals surface area (Å²) in [6.45, 7) is 5.52. The van der Waals surface area contributed by atoms with Crippen LogP contribution in [0, 0.1) is 0 Å². The lowest BCUT2D eigenvalue weighted by molar-refractivity contribution is -0.146. The minimum Gasteiger partial charge on any atom is -0.383 e. The summed E-state index contributed by atoms with van der Waals surface area (Å²) in [4.78, 5) is 0. The zero-order valence-electron chi connectivity index (χ0n) is 9.31. The molecule has 1 fully saturated rings. The van der Waals surface area contributed by atoms with Gasteiger partial charge in [-0.05, 0) is 19.9 Å². The van der Waals surface area contributed by atoms with Crippen LogP contribution in [0.3, 0.4) is 0 Å². The van der Waals surface area contributed by atoms with Gasteiger partial charge < -0.3 is 9.84 Å². The standard InChI is InChI=1S/C11H18N2O2/c1-3-13-10(5-6-12-13)11(14)7-9(8-11)15-4-2/h5-6,9,14H,3-4,7-8H2,1-2H3. The highest BCUT2D eigenvalue weighted by atomic mass is 16.5. The number of nitrogens with zero attached hydrogens (tertiary/aromatic N) is 2. The largest absolute Gasteiger partial charge is 0.383 e. The van der Waals surface area contributed by atoms with Crippen LogP contribution in [0.5, 0.6) is 0 Å². The number of aryl methyl sites for hydroxylation is 1. The SMILES string of the molecule is CCOC1CC(O)(c2ccnn2CC)C1. The van der Waals surface area contributed by atoms with Crippen molar-refractivity contribution in [3.05, 3.63) is 18.0 Å². The first-order chi connectivity index (χ1) is 7.19. The lowest BCUT2D eigenvalue weighted by Gasteiger charge is -2.43. The molecule has 0 atom stereocenters. The van der Waals surface area contributed by atoms with Crippen LogP contribution in [0.25, 0.3) is 0 Å². The number of aromatic nitrogens is 2. The van der Waals surface area contributed by atoms with E-state index in [4.69, 9.17) is 4.74 Å². The molecule has 0 aliphatic heterocycles. The molecule has 84 valence electrons. The molecule has 0 unspecified atom stereocenters. The molecule has 4 heteroatoms. The van der Waals surface area contributed by atoms with E-state index >= 15 is 0 Å². The Labute approximate surface area is 89.9 Å². The molecule has 2 rings (SSSR count). The van der Waals surface area contributed by atoms with E-state index in [2.05, 4.69) is 5.10 Å². The molecular formula is C11H18N2O2. The van der Waals surface area contributed by atoms with E-state index in [1.807, 2.05) is 24.6 Å². The summed E-state index contributed by atoms with van der Waals surface area (Å²) in [6, 6.07) is 1.89. The molecule has 1 aromatic rings. The van der Waals surface area contributed by atoms with Crippen LogP contribution in [0.15, 0.2) is 12.3 Å². The summed E-state index contributed by atoms with van der Waals surface area (Å²) < 4.78 is 7.30. The number of rotatable bonds is 4. The van der Waals surface area contributed by atoms with Gasteiger partial charge in [-0.15, -0.1) is 0 Å². The Morgan fingerprint density at radius 1 is 1.60 bits per heavy atom. The normalized spacial score (nSPS) is 30.2. The first-order valence-corrected chi connectivity index (χ1v) is 5.56. The molecule has 15 heavy (non-hydrogen) atoms. The Morgan fingerprint density at radius 2 is 2.33 bits per heavy atom. The first-order valence-electron chi connectivity index (χ1n) is 5.56. The number of hydrogen-bond donors (Lipinski definition) is 1. The van der Waals surface area contributed by atoms with Gasteiger partial charge >= 0.3 is 0 Å². The van der Waals surface area contributed by atoms with Gasteiger partial charge in [-0.2, -0.15) is 5.10 Å². The van der Waals surface area contributed by atoms with Crippen LogP contribution in [-0.2, 0) is 16.9 Å². The molecule has 4 nitrogen and oxygen atoms in total. The van der Waals surface area contributed by atoms with Gasteiger partial charge in [-0.1, -0.05) is 0 Å². The lowest BCUT2D eigenvalue weighted by Crippen LogP contribution is -2.47. The Bertz CT molecular complexity index is 329. The monoisotopic (exact) mass is 210 g/mol. The minimum atomic E-state index is -0.716.